The first-order valence-electron chi connectivity index (χ1n) is 6.97. The second-order valence-corrected chi connectivity index (χ2v) is 9.63. The van der Waals surface area contributed by atoms with Crippen molar-refractivity contribution in [3.05, 3.63) is 28.2 Å². The molecule has 4 nitrogen and oxygen atoms in total. The first-order valence-corrected chi connectivity index (χ1v) is 10.6. The van der Waals surface area contributed by atoms with E-state index in [2.05, 4.69) is 15.9 Å². The Morgan fingerprint density at radius 1 is 1.52 bits per heavy atom. The average molecular weight is 393 g/mol. The zero-order valence-electron chi connectivity index (χ0n) is 12.3. The van der Waals surface area contributed by atoms with Gasteiger partial charge in [-0.05, 0) is 40.5 Å². The molecular formula is C14H21BrN2O2S2. The van der Waals surface area contributed by atoms with Gasteiger partial charge in [0.1, 0.15) is 5.37 Å². The Hall–Kier alpha value is -0.240. The molecule has 0 saturated carbocycles. The van der Waals surface area contributed by atoms with Gasteiger partial charge < -0.3 is 10.6 Å². The fraction of sp³-hybridized carbons (Fsp3) is 0.571. The van der Waals surface area contributed by atoms with E-state index in [1.54, 1.807) is 18.7 Å². The van der Waals surface area contributed by atoms with E-state index >= 15 is 0 Å². The van der Waals surface area contributed by atoms with Crippen LogP contribution in [0.15, 0.2) is 22.7 Å². The van der Waals surface area contributed by atoms with Crippen molar-refractivity contribution >= 4 is 43.2 Å². The Morgan fingerprint density at radius 2 is 2.24 bits per heavy atom. The zero-order valence-corrected chi connectivity index (χ0v) is 15.5. The van der Waals surface area contributed by atoms with Crippen molar-refractivity contribution in [2.75, 3.05) is 28.7 Å². The number of anilines is 1. The molecule has 1 unspecified atom stereocenters. The third-order valence-electron chi connectivity index (χ3n) is 3.71. The molecule has 1 fully saturated rings. The number of sulfone groups is 1. The zero-order chi connectivity index (χ0) is 15.6. The Labute approximate surface area is 139 Å². The minimum Gasteiger partial charge on any atom is -0.353 e. The molecule has 0 amide bonds. The van der Waals surface area contributed by atoms with Crippen molar-refractivity contribution in [3.63, 3.8) is 0 Å². The van der Waals surface area contributed by atoms with E-state index in [4.69, 9.17) is 5.73 Å². The molecule has 0 bridgehead atoms. The van der Waals surface area contributed by atoms with E-state index in [1.807, 2.05) is 30.0 Å². The molecule has 2 atom stereocenters. The van der Waals surface area contributed by atoms with Crippen LogP contribution in [-0.4, -0.2) is 37.6 Å². The van der Waals surface area contributed by atoms with Gasteiger partial charge in [-0.1, -0.05) is 13.0 Å². The molecule has 0 spiro atoms. The highest BCUT2D eigenvalue weighted by atomic mass is 79.9. The van der Waals surface area contributed by atoms with Gasteiger partial charge in [-0.25, -0.2) is 8.42 Å². The van der Waals surface area contributed by atoms with Crippen molar-refractivity contribution in [2.45, 2.75) is 25.3 Å². The molecule has 1 aromatic carbocycles. The molecule has 0 radical (unpaired) electrons. The smallest absolute Gasteiger partial charge is 0.171 e. The second kappa shape index (κ2) is 6.89. The van der Waals surface area contributed by atoms with E-state index in [-0.39, 0.29) is 11.8 Å². The van der Waals surface area contributed by atoms with Crippen molar-refractivity contribution in [1.82, 2.24) is 0 Å². The molecule has 2 N–H and O–H groups in total. The predicted octanol–water partition coefficient (Wildman–Crippen LogP) is 2.78. The summed E-state index contributed by atoms with van der Waals surface area (Å²) in [4.78, 5) is 2.00. The van der Waals surface area contributed by atoms with Crippen LogP contribution in [0.4, 0.5) is 5.69 Å². The second-order valence-electron chi connectivity index (χ2n) is 5.17. The quantitative estimate of drug-likeness (QED) is 0.852. The lowest BCUT2D eigenvalue weighted by Gasteiger charge is -2.37. The van der Waals surface area contributed by atoms with Crippen molar-refractivity contribution in [3.8, 4) is 0 Å². The molecule has 1 aliphatic heterocycles. The number of benzene rings is 1. The summed E-state index contributed by atoms with van der Waals surface area (Å²) in [5.41, 5.74) is 7.86. The van der Waals surface area contributed by atoms with E-state index < -0.39 is 15.2 Å². The summed E-state index contributed by atoms with van der Waals surface area (Å²) in [5, 5.41) is -0.446. The lowest BCUT2D eigenvalue weighted by Crippen LogP contribution is -2.48. The Balaban J connectivity index is 2.38. The largest absolute Gasteiger partial charge is 0.353 e. The first kappa shape index (κ1) is 17.1. The third-order valence-corrected chi connectivity index (χ3v) is 7.63. The van der Waals surface area contributed by atoms with Crippen LogP contribution >= 0.6 is 27.7 Å². The lowest BCUT2D eigenvalue weighted by molar-refractivity contribution is 0.579. The summed E-state index contributed by atoms with van der Waals surface area (Å²) >= 11 is 5.27. The maximum Gasteiger partial charge on any atom is 0.171 e. The number of hydrogen-bond donors (Lipinski definition) is 1. The van der Waals surface area contributed by atoms with Gasteiger partial charge in [-0.2, -0.15) is 11.8 Å². The SMILES string of the molecule is CCS(=O)(=O)C1CSCCN1c1ccc([C@H](C)N)cc1Br. The summed E-state index contributed by atoms with van der Waals surface area (Å²) < 4.78 is 25.6. The molecule has 7 heteroatoms. The first-order chi connectivity index (χ1) is 9.86. The molecule has 118 valence electrons. The van der Waals surface area contributed by atoms with Gasteiger partial charge >= 0.3 is 0 Å². The summed E-state index contributed by atoms with van der Waals surface area (Å²) in [5.74, 6) is 1.74. The number of nitrogens with two attached hydrogens (primary N) is 1. The van der Waals surface area contributed by atoms with Crippen molar-refractivity contribution in [2.24, 2.45) is 5.73 Å². The van der Waals surface area contributed by atoms with Crippen molar-refractivity contribution in [1.29, 1.82) is 0 Å². The van der Waals surface area contributed by atoms with Gasteiger partial charge in [0.2, 0.25) is 0 Å². The van der Waals surface area contributed by atoms with Crippen LogP contribution in [0.2, 0.25) is 0 Å². The molecular weight excluding hydrogens is 372 g/mol. The van der Waals surface area contributed by atoms with E-state index in [0.29, 0.717) is 5.75 Å². The normalized spacial score (nSPS) is 21.3. The van der Waals surface area contributed by atoms with E-state index in [9.17, 15) is 8.42 Å². The fourth-order valence-electron chi connectivity index (χ4n) is 2.39. The number of thioether (sulfide) groups is 1. The highest BCUT2D eigenvalue weighted by Crippen LogP contribution is 2.34. The van der Waals surface area contributed by atoms with Gasteiger partial charge in [0.05, 0.1) is 5.69 Å². The summed E-state index contributed by atoms with van der Waals surface area (Å²) in [6.45, 7) is 4.38. The van der Waals surface area contributed by atoms with Gasteiger partial charge in [0, 0.05) is 34.3 Å². The maximum absolute atomic E-state index is 12.3. The van der Waals surface area contributed by atoms with Crippen molar-refractivity contribution < 1.29 is 8.42 Å². The molecule has 21 heavy (non-hydrogen) atoms. The monoisotopic (exact) mass is 392 g/mol. The predicted molar refractivity (Wildman–Crippen MR) is 94.7 cm³/mol. The lowest BCUT2D eigenvalue weighted by atomic mass is 10.1. The molecule has 0 aromatic heterocycles. The molecule has 0 aliphatic carbocycles. The van der Waals surface area contributed by atoms with Crippen LogP contribution in [0, 0.1) is 0 Å². The molecule has 1 saturated heterocycles. The highest BCUT2D eigenvalue weighted by molar-refractivity contribution is 9.10. The third kappa shape index (κ3) is 3.75. The van der Waals surface area contributed by atoms with Crippen LogP contribution in [0.1, 0.15) is 25.5 Å². The van der Waals surface area contributed by atoms with Gasteiger partial charge in [0.15, 0.2) is 9.84 Å². The summed E-state index contributed by atoms with van der Waals surface area (Å²) in [6.07, 6.45) is 0. The van der Waals surface area contributed by atoms with Crippen LogP contribution in [0.5, 0.6) is 0 Å². The average Bonchev–Trinajstić information content (AvgIpc) is 2.47. The van der Waals surface area contributed by atoms with Gasteiger partial charge in [-0.3, -0.25) is 0 Å². The Kier molecular flexibility index (Phi) is 5.62. The Bertz CT molecular complexity index is 605. The number of rotatable bonds is 4. The minimum absolute atomic E-state index is 0.0394. The number of nitrogens with zero attached hydrogens (tertiary/aromatic N) is 1. The van der Waals surface area contributed by atoms with E-state index in [1.165, 1.54) is 0 Å². The minimum atomic E-state index is -3.10. The van der Waals surface area contributed by atoms with Gasteiger partial charge in [0.25, 0.3) is 0 Å². The molecule has 2 rings (SSSR count). The fourth-order valence-corrected chi connectivity index (χ4v) is 5.99. The molecule has 1 heterocycles. The number of hydrogen-bond acceptors (Lipinski definition) is 5. The number of halogens is 1. The maximum atomic E-state index is 12.3. The van der Waals surface area contributed by atoms with Crippen LogP contribution in [0.3, 0.4) is 0 Å². The topological polar surface area (TPSA) is 63.4 Å². The van der Waals surface area contributed by atoms with Crippen LogP contribution in [0.25, 0.3) is 0 Å². The van der Waals surface area contributed by atoms with E-state index in [0.717, 1.165) is 28.0 Å². The molecule has 1 aromatic rings. The van der Waals surface area contributed by atoms with Gasteiger partial charge in [-0.15, -0.1) is 0 Å². The highest BCUT2D eigenvalue weighted by Gasteiger charge is 2.33. The van der Waals surface area contributed by atoms with Crippen LogP contribution < -0.4 is 10.6 Å². The summed E-state index contributed by atoms with van der Waals surface area (Å²) in [6, 6.07) is 5.89. The standard InChI is InChI=1S/C14H21BrN2O2S2/c1-3-21(18,19)14-9-20-7-6-17(14)13-5-4-11(10(2)16)8-12(13)15/h4-5,8,10,14H,3,6-7,9,16H2,1-2H3/t10-,14?/m0/s1. The molecule has 1 aliphatic rings. The summed E-state index contributed by atoms with van der Waals surface area (Å²) in [7, 11) is -3.10. The Morgan fingerprint density at radius 3 is 2.81 bits per heavy atom. The van der Waals surface area contributed by atoms with Crippen LogP contribution in [-0.2, 0) is 9.84 Å².